The number of hydrogen-bond acceptors (Lipinski definition) is 4. The number of nitrogens with zero attached hydrogens (tertiary/aromatic N) is 2. The topological polar surface area (TPSA) is 43.8 Å². The van der Waals surface area contributed by atoms with Gasteiger partial charge in [0.1, 0.15) is 0 Å². The lowest BCUT2D eigenvalue weighted by molar-refractivity contribution is 0.561. The van der Waals surface area contributed by atoms with Crippen LogP contribution in [0.15, 0.2) is 18.3 Å². The predicted molar refractivity (Wildman–Crippen MR) is 82.7 cm³/mol. The number of hydrogen-bond donors (Lipinski definition) is 1. The van der Waals surface area contributed by atoms with E-state index < -0.39 is 0 Å². The van der Waals surface area contributed by atoms with Gasteiger partial charge in [-0.25, -0.2) is 0 Å². The second-order valence-corrected chi connectivity index (χ2v) is 7.13. The van der Waals surface area contributed by atoms with Gasteiger partial charge < -0.3 is 5.73 Å². The molecule has 3 nitrogen and oxygen atoms in total. The predicted octanol–water partition coefficient (Wildman–Crippen LogP) is 3.19. The molecule has 3 rings (SSSR count). The first-order valence-electron chi connectivity index (χ1n) is 6.76. The molecule has 1 atom stereocenters. The Hall–Kier alpha value is -0.780. The number of aromatic nitrogens is 2. The maximum absolute atomic E-state index is 6.45. The van der Waals surface area contributed by atoms with Crippen molar-refractivity contribution in [3.63, 3.8) is 0 Å². The first kappa shape index (κ1) is 13.2. The number of aryl methyl sites for hydroxylation is 2. The van der Waals surface area contributed by atoms with Crippen LogP contribution in [0.3, 0.4) is 0 Å². The van der Waals surface area contributed by atoms with E-state index in [0.717, 1.165) is 24.4 Å². The lowest BCUT2D eigenvalue weighted by Gasteiger charge is -2.12. The van der Waals surface area contributed by atoms with Crippen molar-refractivity contribution in [2.24, 2.45) is 5.73 Å². The van der Waals surface area contributed by atoms with Crippen LogP contribution >= 0.6 is 23.1 Å². The highest BCUT2D eigenvalue weighted by atomic mass is 32.2. The standard InChI is InChI=1S/C14H19N3S2/c1-2-6-17-11(3-5-16-17)14(15)13-8-10-9-18-7-4-12(10)19-13/h3,5,8,14H,2,4,6-7,9,15H2,1H3. The van der Waals surface area contributed by atoms with Crippen LogP contribution in [0.4, 0.5) is 0 Å². The summed E-state index contributed by atoms with van der Waals surface area (Å²) in [6.45, 7) is 3.11. The SMILES string of the molecule is CCCn1nccc1C(N)c1cc2c(s1)CCSC2. The molecular weight excluding hydrogens is 274 g/mol. The van der Waals surface area contributed by atoms with E-state index in [1.54, 1.807) is 0 Å². The van der Waals surface area contributed by atoms with Crippen LogP contribution in [0, 0.1) is 0 Å². The Kier molecular flexibility index (Phi) is 3.96. The fraction of sp³-hybridized carbons (Fsp3) is 0.500. The Morgan fingerprint density at radius 3 is 3.21 bits per heavy atom. The molecule has 2 aromatic heterocycles. The third-order valence-electron chi connectivity index (χ3n) is 3.46. The number of fused-ring (bicyclic) bond motifs is 1. The minimum atomic E-state index is -0.0327. The summed E-state index contributed by atoms with van der Waals surface area (Å²) in [5.41, 5.74) is 9.07. The van der Waals surface area contributed by atoms with E-state index in [1.165, 1.54) is 27.5 Å². The maximum atomic E-state index is 6.45. The van der Waals surface area contributed by atoms with Crippen molar-refractivity contribution in [2.75, 3.05) is 5.75 Å². The average molecular weight is 293 g/mol. The molecule has 0 saturated heterocycles. The summed E-state index contributed by atoms with van der Waals surface area (Å²) in [6, 6.07) is 4.32. The first-order valence-corrected chi connectivity index (χ1v) is 8.73. The monoisotopic (exact) mass is 293 g/mol. The van der Waals surface area contributed by atoms with Gasteiger partial charge in [-0.3, -0.25) is 4.68 Å². The summed E-state index contributed by atoms with van der Waals surface area (Å²) in [4.78, 5) is 2.82. The highest BCUT2D eigenvalue weighted by Gasteiger charge is 2.20. The molecule has 5 heteroatoms. The first-order chi connectivity index (χ1) is 9.29. The minimum Gasteiger partial charge on any atom is -0.318 e. The van der Waals surface area contributed by atoms with E-state index >= 15 is 0 Å². The third-order valence-corrected chi connectivity index (χ3v) is 5.78. The molecule has 0 bridgehead atoms. The molecule has 1 aliphatic rings. The van der Waals surface area contributed by atoms with Crippen LogP contribution in [0.2, 0.25) is 0 Å². The van der Waals surface area contributed by atoms with Gasteiger partial charge in [0.25, 0.3) is 0 Å². The second-order valence-electron chi connectivity index (χ2n) is 4.86. The third kappa shape index (κ3) is 2.59. The number of nitrogens with two attached hydrogens (primary N) is 1. The molecule has 1 unspecified atom stereocenters. The molecule has 2 N–H and O–H groups in total. The zero-order valence-electron chi connectivity index (χ0n) is 11.1. The normalized spacial score (nSPS) is 16.3. The smallest absolute Gasteiger partial charge is 0.0817 e. The van der Waals surface area contributed by atoms with Crippen molar-refractivity contribution in [3.8, 4) is 0 Å². The van der Waals surface area contributed by atoms with Crippen LogP contribution in [0.1, 0.15) is 40.4 Å². The van der Waals surface area contributed by atoms with Gasteiger partial charge in [-0.15, -0.1) is 11.3 Å². The fourth-order valence-electron chi connectivity index (χ4n) is 2.47. The van der Waals surface area contributed by atoms with Crippen LogP contribution in [0.25, 0.3) is 0 Å². The van der Waals surface area contributed by atoms with Gasteiger partial charge in [-0.2, -0.15) is 16.9 Å². The largest absolute Gasteiger partial charge is 0.318 e. The van der Waals surface area contributed by atoms with Crippen LogP contribution in [-0.4, -0.2) is 15.5 Å². The zero-order chi connectivity index (χ0) is 13.2. The summed E-state index contributed by atoms with van der Waals surface area (Å²) in [7, 11) is 0. The van der Waals surface area contributed by atoms with E-state index in [0.29, 0.717) is 0 Å². The van der Waals surface area contributed by atoms with Gasteiger partial charge in [0.2, 0.25) is 0 Å². The number of thioether (sulfide) groups is 1. The molecule has 0 radical (unpaired) electrons. The highest BCUT2D eigenvalue weighted by Crippen LogP contribution is 2.35. The quantitative estimate of drug-likeness (QED) is 0.941. The van der Waals surface area contributed by atoms with Crippen molar-refractivity contribution in [3.05, 3.63) is 39.3 Å². The minimum absolute atomic E-state index is 0.0327. The Labute approximate surface area is 122 Å². The molecule has 0 spiro atoms. The number of thiophene rings is 1. The van der Waals surface area contributed by atoms with E-state index in [4.69, 9.17) is 5.73 Å². The Morgan fingerprint density at radius 1 is 1.53 bits per heavy atom. The molecule has 0 aliphatic carbocycles. The van der Waals surface area contributed by atoms with E-state index in [2.05, 4.69) is 18.1 Å². The van der Waals surface area contributed by atoms with Crippen molar-refractivity contribution < 1.29 is 0 Å². The van der Waals surface area contributed by atoms with Crippen LogP contribution < -0.4 is 5.73 Å². The molecule has 3 heterocycles. The van der Waals surface area contributed by atoms with Crippen LogP contribution in [0.5, 0.6) is 0 Å². The molecule has 0 fully saturated rings. The molecule has 2 aromatic rings. The van der Waals surface area contributed by atoms with E-state index in [1.807, 2.05) is 40.0 Å². The zero-order valence-corrected chi connectivity index (χ0v) is 12.8. The second kappa shape index (κ2) is 5.69. The fourth-order valence-corrected chi connectivity index (χ4v) is 4.87. The summed E-state index contributed by atoms with van der Waals surface area (Å²) in [6.07, 6.45) is 4.14. The molecule has 0 aromatic carbocycles. The maximum Gasteiger partial charge on any atom is 0.0817 e. The van der Waals surface area contributed by atoms with E-state index in [-0.39, 0.29) is 6.04 Å². The summed E-state index contributed by atoms with van der Waals surface area (Å²) in [5.74, 6) is 2.39. The van der Waals surface area contributed by atoms with Crippen molar-refractivity contribution in [1.82, 2.24) is 9.78 Å². The van der Waals surface area contributed by atoms with Gasteiger partial charge in [-0.1, -0.05) is 6.92 Å². The highest BCUT2D eigenvalue weighted by molar-refractivity contribution is 7.98. The molecule has 19 heavy (non-hydrogen) atoms. The Bertz CT molecular complexity index is 535. The number of rotatable bonds is 4. The van der Waals surface area contributed by atoms with E-state index in [9.17, 15) is 0 Å². The average Bonchev–Trinajstić information content (AvgIpc) is 3.04. The van der Waals surface area contributed by atoms with Gasteiger partial charge >= 0.3 is 0 Å². The lowest BCUT2D eigenvalue weighted by atomic mass is 10.1. The van der Waals surface area contributed by atoms with Crippen molar-refractivity contribution >= 4 is 23.1 Å². The summed E-state index contributed by atoms with van der Waals surface area (Å²) in [5, 5.41) is 4.37. The lowest BCUT2D eigenvalue weighted by Crippen LogP contribution is -2.16. The van der Waals surface area contributed by atoms with Gasteiger partial charge in [0.15, 0.2) is 0 Å². The summed E-state index contributed by atoms with van der Waals surface area (Å²) < 4.78 is 2.04. The molecule has 0 saturated carbocycles. The van der Waals surface area contributed by atoms with Crippen molar-refractivity contribution in [1.29, 1.82) is 0 Å². The van der Waals surface area contributed by atoms with Gasteiger partial charge in [0, 0.05) is 28.2 Å². The van der Waals surface area contributed by atoms with Crippen molar-refractivity contribution in [2.45, 2.75) is 38.1 Å². The molecule has 1 aliphatic heterocycles. The van der Waals surface area contributed by atoms with Gasteiger partial charge in [0.05, 0.1) is 11.7 Å². The molecule has 102 valence electrons. The Morgan fingerprint density at radius 2 is 2.42 bits per heavy atom. The summed E-state index contributed by atoms with van der Waals surface area (Å²) >= 11 is 3.91. The Balaban J connectivity index is 1.88. The molecule has 0 amide bonds. The van der Waals surface area contributed by atoms with Crippen LogP contribution in [-0.2, 0) is 18.7 Å². The molecular formula is C14H19N3S2. The van der Waals surface area contributed by atoms with Gasteiger partial charge in [-0.05, 0) is 36.3 Å².